The lowest BCUT2D eigenvalue weighted by molar-refractivity contribution is -0.141. The van der Waals surface area contributed by atoms with Gasteiger partial charge < -0.3 is 20.1 Å². The van der Waals surface area contributed by atoms with E-state index < -0.39 is 12.0 Å². The number of carboxylic acid groups (broad SMARTS) is 1. The monoisotopic (exact) mass is 304 g/mol. The molecule has 1 aromatic rings. The van der Waals surface area contributed by atoms with Crippen molar-refractivity contribution in [2.24, 2.45) is 0 Å². The second kappa shape index (κ2) is 5.32. The van der Waals surface area contributed by atoms with Crippen LogP contribution in [-0.4, -0.2) is 46.5 Å². The number of hydrogen-bond donors (Lipinski definition) is 2. The molecule has 1 aliphatic carbocycles. The van der Waals surface area contributed by atoms with Gasteiger partial charge in [0.1, 0.15) is 11.8 Å². The summed E-state index contributed by atoms with van der Waals surface area (Å²) in [7, 11) is 0. The van der Waals surface area contributed by atoms with Crippen molar-refractivity contribution in [3.8, 4) is 5.75 Å². The highest BCUT2D eigenvalue weighted by molar-refractivity contribution is 6.01. The molecule has 2 amide bonds. The Kier molecular flexibility index (Phi) is 3.48. The molecule has 2 N–H and O–H groups in total. The molecule has 0 radical (unpaired) electrons. The van der Waals surface area contributed by atoms with E-state index >= 15 is 0 Å². The largest absolute Gasteiger partial charge is 0.482 e. The SMILES string of the molecule is CC(C(=O)O)N(C(=O)c1ccc2c(c1)NC(=O)CO2)C1CC1. The molecule has 1 atom stereocenters. The summed E-state index contributed by atoms with van der Waals surface area (Å²) in [5.74, 6) is -1.16. The molecule has 0 saturated heterocycles. The van der Waals surface area contributed by atoms with Crippen LogP contribution in [0.3, 0.4) is 0 Å². The standard InChI is InChI=1S/C15H16N2O5/c1-8(15(20)21)17(10-3-4-10)14(19)9-2-5-12-11(6-9)16-13(18)7-22-12/h2,5-6,8,10H,3-4,7H2,1H3,(H,16,18)(H,20,21). The van der Waals surface area contributed by atoms with Crippen molar-refractivity contribution in [1.29, 1.82) is 0 Å². The molecular formula is C15H16N2O5. The Morgan fingerprint density at radius 3 is 2.77 bits per heavy atom. The Morgan fingerprint density at radius 1 is 1.41 bits per heavy atom. The highest BCUT2D eigenvalue weighted by Gasteiger charge is 2.39. The molecule has 7 nitrogen and oxygen atoms in total. The van der Waals surface area contributed by atoms with Gasteiger partial charge in [0.15, 0.2) is 6.61 Å². The average Bonchev–Trinajstić information content (AvgIpc) is 3.31. The average molecular weight is 304 g/mol. The van der Waals surface area contributed by atoms with E-state index in [9.17, 15) is 19.5 Å². The normalized spacial score (nSPS) is 17.8. The summed E-state index contributed by atoms with van der Waals surface area (Å²) in [6.45, 7) is 1.45. The number of ether oxygens (including phenoxy) is 1. The number of carbonyl (C=O) groups is 3. The van der Waals surface area contributed by atoms with Crippen LogP contribution in [0.25, 0.3) is 0 Å². The first kappa shape index (κ1) is 14.4. The number of fused-ring (bicyclic) bond motifs is 1. The van der Waals surface area contributed by atoms with Crippen LogP contribution < -0.4 is 10.1 Å². The highest BCUT2D eigenvalue weighted by Crippen LogP contribution is 2.33. The topological polar surface area (TPSA) is 95.9 Å². The van der Waals surface area contributed by atoms with Crippen molar-refractivity contribution >= 4 is 23.5 Å². The predicted octanol–water partition coefficient (Wildman–Crippen LogP) is 1.10. The third kappa shape index (κ3) is 2.61. The number of carbonyl (C=O) groups excluding carboxylic acids is 2. The van der Waals surface area contributed by atoms with E-state index in [1.165, 1.54) is 17.9 Å². The number of hydrogen-bond acceptors (Lipinski definition) is 4. The number of nitrogens with zero attached hydrogens (tertiary/aromatic N) is 1. The summed E-state index contributed by atoms with van der Waals surface area (Å²) in [6, 6.07) is 3.81. The van der Waals surface area contributed by atoms with Crippen LogP contribution in [0.4, 0.5) is 5.69 Å². The van der Waals surface area contributed by atoms with Crippen LogP contribution in [0, 0.1) is 0 Å². The number of aliphatic carboxylic acids is 1. The number of benzene rings is 1. The summed E-state index contributed by atoms with van der Waals surface area (Å²) in [5.41, 5.74) is 0.769. The molecule has 1 unspecified atom stereocenters. The van der Waals surface area contributed by atoms with E-state index in [2.05, 4.69) is 5.32 Å². The van der Waals surface area contributed by atoms with Crippen LogP contribution in [-0.2, 0) is 9.59 Å². The fraction of sp³-hybridized carbons (Fsp3) is 0.400. The van der Waals surface area contributed by atoms with Crippen molar-refractivity contribution in [2.45, 2.75) is 31.8 Å². The second-order valence-electron chi connectivity index (χ2n) is 5.51. The van der Waals surface area contributed by atoms with E-state index in [-0.39, 0.29) is 24.5 Å². The minimum Gasteiger partial charge on any atom is -0.482 e. The molecule has 2 aliphatic rings. The van der Waals surface area contributed by atoms with Crippen molar-refractivity contribution in [3.63, 3.8) is 0 Å². The van der Waals surface area contributed by atoms with Crippen molar-refractivity contribution < 1.29 is 24.2 Å². The van der Waals surface area contributed by atoms with Gasteiger partial charge in [-0.1, -0.05) is 0 Å². The summed E-state index contributed by atoms with van der Waals surface area (Å²) in [5, 5.41) is 11.8. The van der Waals surface area contributed by atoms with Gasteiger partial charge in [0.2, 0.25) is 0 Å². The van der Waals surface area contributed by atoms with Gasteiger partial charge >= 0.3 is 5.97 Å². The Morgan fingerprint density at radius 2 is 2.14 bits per heavy atom. The lowest BCUT2D eigenvalue weighted by Gasteiger charge is -2.27. The molecule has 0 aromatic heterocycles. The molecular weight excluding hydrogens is 288 g/mol. The molecule has 1 heterocycles. The zero-order valence-electron chi connectivity index (χ0n) is 12.0. The number of carboxylic acids is 1. The van der Waals surface area contributed by atoms with E-state index in [4.69, 9.17) is 4.74 Å². The zero-order chi connectivity index (χ0) is 15.9. The smallest absolute Gasteiger partial charge is 0.326 e. The molecule has 3 rings (SSSR count). The number of anilines is 1. The molecule has 22 heavy (non-hydrogen) atoms. The first-order chi connectivity index (χ1) is 10.5. The van der Waals surface area contributed by atoms with E-state index in [1.807, 2.05) is 0 Å². The maximum absolute atomic E-state index is 12.6. The minimum absolute atomic E-state index is 0.0273. The lowest BCUT2D eigenvalue weighted by Crippen LogP contribution is -2.44. The fourth-order valence-corrected chi connectivity index (χ4v) is 2.49. The summed E-state index contributed by atoms with van der Waals surface area (Å²) < 4.78 is 5.25. The summed E-state index contributed by atoms with van der Waals surface area (Å²) >= 11 is 0. The molecule has 1 saturated carbocycles. The van der Waals surface area contributed by atoms with Gasteiger partial charge in [-0.2, -0.15) is 0 Å². The molecule has 1 aliphatic heterocycles. The van der Waals surface area contributed by atoms with Crippen LogP contribution >= 0.6 is 0 Å². The Hall–Kier alpha value is -2.57. The zero-order valence-corrected chi connectivity index (χ0v) is 12.0. The molecule has 116 valence electrons. The minimum atomic E-state index is -1.03. The van der Waals surface area contributed by atoms with Crippen LogP contribution in [0.15, 0.2) is 18.2 Å². The molecule has 1 aromatic carbocycles. The summed E-state index contributed by atoms with van der Waals surface area (Å²) in [4.78, 5) is 36.6. The van der Waals surface area contributed by atoms with E-state index in [1.54, 1.807) is 12.1 Å². The van der Waals surface area contributed by atoms with Gasteiger partial charge in [-0.25, -0.2) is 4.79 Å². The first-order valence-electron chi connectivity index (χ1n) is 7.09. The number of rotatable bonds is 4. The van der Waals surface area contributed by atoms with Crippen molar-refractivity contribution in [1.82, 2.24) is 4.90 Å². The molecule has 1 fully saturated rings. The van der Waals surface area contributed by atoms with Gasteiger partial charge in [0, 0.05) is 11.6 Å². The maximum Gasteiger partial charge on any atom is 0.326 e. The molecule has 7 heteroatoms. The summed E-state index contributed by atoms with van der Waals surface area (Å²) in [6.07, 6.45) is 1.63. The first-order valence-corrected chi connectivity index (χ1v) is 7.09. The quantitative estimate of drug-likeness (QED) is 0.868. The van der Waals surface area contributed by atoms with Crippen LogP contribution in [0.1, 0.15) is 30.1 Å². The number of nitrogens with one attached hydrogen (secondary N) is 1. The van der Waals surface area contributed by atoms with Gasteiger partial charge in [0.25, 0.3) is 11.8 Å². The maximum atomic E-state index is 12.6. The van der Waals surface area contributed by atoms with E-state index in [0.717, 1.165) is 12.8 Å². The second-order valence-corrected chi connectivity index (χ2v) is 5.51. The van der Waals surface area contributed by atoms with Crippen molar-refractivity contribution in [2.75, 3.05) is 11.9 Å². The predicted molar refractivity (Wildman–Crippen MR) is 76.9 cm³/mol. The van der Waals surface area contributed by atoms with Crippen LogP contribution in [0.2, 0.25) is 0 Å². The third-order valence-electron chi connectivity index (χ3n) is 3.81. The van der Waals surface area contributed by atoms with Gasteiger partial charge in [-0.3, -0.25) is 9.59 Å². The van der Waals surface area contributed by atoms with Gasteiger partial charge in [-0.05, 0) is 38.0 Å². The Labute approximate surface area is 126 Å². The third-order valence-corrected chi connectivity index (χ3v) is 3.81. The fourth-order valence-electron chi connectivity index (χ4n) is 2.49. The van der Waals surface area contributed by atoms with E-state index in [0.29, 0.717) is 17.0 Å². The van der Waals surface area contributed by atoms with Gasteiger partial charge in [0.05, 0.1) is 5.69 Å². The van der Waals surface area contributed by atoms with Gasteiger partial charge in [-0.15, -0.1) is 0 Å². The number of amides is 2. The highest BCUT2D eigenvalue weighted by atomic mass is 16.5. The Balaban J connectivity index is 1.89. The Bertz CT molecular complexity index is 653. The van der Waals surface area contributed by atoms with Crippen LogP contribution in [0.5, 0.6) is 5.75 Å². The van der Waals surface area contributed by atoms with Crippen molar-refractivity contribution in [3.05, 3.63) is 23.8 Å². The molecule has 0 spiro atoms. The molecule has 0 bridgehead atoms. The lowest BCUT2D eigenvalue weighted by atomic mass is 10.1.